The quantitative estimate of drug-likeness (QED) is 0.228. The summed E-state index contributed by atoms with van der Waals surface area (Å²) in [6, 6.07) is 38.0. The van der Waals surface area contributed by atoms with E-state index in [0.717, 1.165) is 51.1 Å². The average Bonchev–Trinajstić information content (AvgIpc) is 3.26. The van der Waals surface area contributed by atoms with E-state index in [4.69, 9.17) is 5.26 Å². The third-order valence-corrected chi connectivity index (χ3v) is 8.92. The molecular weight excluding hydrogens is 526 g/mol. The Kier molecular flexibility index (Phi) is 7.69. The molecule has 212 valence electrons. The van der Waals surface area contributed by atoms with Crippen molar-refractivity contribution in [3.05, 3.63) is 126 Å². The van der Waals surface area contributed by atoms with Crippen LogP contribution in [-0.4, -0.2) is 34.0 Å². The SMILES string of the molecule is N#Cc1nccc(NC2CCN(Cc3ccc(-c4ccc5c(c4-c4ccccc4)CCCc4ccccc4-5)cc3)CC2)n1. The van der Waals surface area contributed by atoms with Crippen LogP contribution in [0.5, 0.6) is 0 Å². The van der Waals surface area contributed by atoms with Crippen molar-refractivity contribution in [2.24, 2.45) is 0 Å². The molecule has 1 N–H and O–H groups in total. The normalized spacial score (nSPS) is 15.1. The highest BCUT2D eigenvalue weighted by molar-refractivity contribution is 5.91. The van der Waals surface area contributed by atoms with Crippen molar-refractivity contribution in [1.29, 1.82) is 5.26 Å². The second kappa shape index (κ2) is 12.2. The second-order valence-electron chi connectivity index (χ2n) is 11.7. The summed E-state index contributed by atoms with van der Waals surface area (Å²) in [5.74, 6) is 0.940. The van der Waals surface area contributed by atoms with Crippen molar-refractivity contribution >= 4 is 5.82 Å². The zero-order valence-electron chi connectivity index (χ0n) is 24.3. The van der Waals surface area contributed by atoms with Crippen molar-refractivity contribution in [2.75, 3.05) is 18.4 Å². The second-order valence-corrected chi connectivity index (χ2v) is 11.7. The van der Waals surface area contributed by atoms with E-state index in [-0.39, 0.29) is 5.82 Å². The van der Waals surface area contributed by atoms with Gasteiger partial charge in [-0.2, -0.15) is 5.26 Å². The molecule has 5 heteroatoms. The molecule has 5 nitrogen and oxygen atoms in total. The number of benzene rings is 4. The van der Waals surface area contributed by atoms with Gasteiger partial charge in [0.25, 0.3) is 0 Å². The standard InChI is InChI=1S/C38H35N5/c39-25-37-40-22-19-36(42-37)41-31-20-23-43(24-21-31)26-27-13-15-29(16-14-27)33-17-18-34-32-11-5-4-7-28(32)10-6-12-35(34)38(33)30-8-2-1-3-9-30/h1-5,7-9,11,13-19,22,31H,6,10,12,20-21,23-24,26H2,(H,40,41,42). The zero-order chi connectivity index (χ0) is 29.0. The lowest BCUT2D eigenvalue weighted by atomic mass is 9.84. The third-order valence-electron chi connectivity index (χ3n) is 8.92. The number of aryl methyl sites for hydroxylation is 1. The number of fused-ring (bicyclic) bond motifs is 3. The summed E-state index contributed by atoms with van der Waals surface area (Å²) in [6.07, 6.45) is 7.10. The van der Waals surface area contributed by atoms with E-state index in [0.29, 0.717) is 6.04 Å². The molecule has 0 spiro atoms. The first kappa shape index (κ1) is 27.1. The minimum atomic E-state index is 0.206. The molecule has 1 saturated heterocycles. The smallest absolute Gasteiger partial charge is 0.234 e. The summed E-state index contributed by atoms with van der Waals surface area (Å²) in [4.78, 5) is 10.8. The van der Waals surface area contributed by atoms with Gasteiger partial charge in [-0.25, -0.2) is 9.97 Å². The first-order chi connectivity index (χ1) is 21.2. The van der Waals surface area contributed by atoms with Crippen LogP contribution in [-0.2, 0) is 19.4 Å². The average molecular weight is 562 g/mol. The van der Waals surface area contributed by atoms with Crippen LogP contribution >= 0.6 is 0 Å². The number of nitrogens with zero attached hydrogens (tertiary/aromatic N) is 4. The fourth-order valence-electron chi connectivity index (χ4n) is 6.78. The van der Waals surface area contributed by atoms with Gasteiger partial charge in [0.15, 0.2) is 0 Å². The summed E-state index contributed by atoms with van der Waals surface area (Å²) in [7, 11) is 0. The van der Waals surface area contributed by atoms with E-state index in [1.54, 1.807) is 6.20 Å². The Morgan fingerprint density at radius 1 is 0.767 bits per heavy atom. The van der Waals surface area contributed by atoms with Crippen LogP contribution in [0.3, 0.4) is 0 Å². The minimum absolute atomic E-state index is 0.206. The van der Waals surface area contributed by atoms with Gasteiger partial charge in [-0.05, 0) is 88.2 Å². The first-order valence-corrected chi connectivity index (χ1v) is 15.4. The van der Waals surface area contributed by atoms with Crippen LogP contribution < -0.4 is 5.32 Å². The Balaban J connectivity index is 1.10. The third kappa shape index (κ3) is 5.80. The van der Waals surface area contributed by atoms with Gasteiger partial charge < -0.3 is 5.32 Å². The van der Waals surface area contributed by atoms with Crippen LogP contribution in [0.4, 0.5) is 5.82 Å². The van der Waals surface area contributed by atoms with E-state index in [1.807, 2.05) is 12.1 Å². The zero-order valence-corrected chi connectivity index (χ0v) is 24.3. The number of aromatic nitrogens is 2. The lowest BCUT2D eigenvalue weighted by Crippen LogP contribution is -2.38. The maximum atomic E-state index is 9.07. The van der Waals surface area contributed by atoms with Gasteiger partial charge in [-0.1, -0.05) is 91.0 Å². The summed E-state index contributed by atoms with van der Waals surface area (Å²) < 4.78 is 0. The molecule has 2 aliphatic rings. The molecule has 4 aromatic carbocycles. The molecule has 7 rings (SSSR count). The molecule has 0 unspecified atom stereocenters. The molecule has 1 aliphatic carbocycles. The number of nitriles is 1. The van der Waals surface area contributed by atoms with Crippen molar-refractivity contribution in [1.82, 2.24) is 14.9 Å². The topological polar surface area (TPSA) is 64.8 Å². The first-order valence-electron chi connectivity index (χ1n) is 15.4. The molecule has 1 fully saturated rings. The Bertz CT molecular complexity index is 1760. The molecule has 1 aromatic heterocycles. The minimum Gasteiger partial charge on any atom is -0.367 e. The van der Waals surface area contributed by atoms with Crippen molar-refractivity contribution < 1.29 is 0 Å². The highest BCUT2D eigenvalue weighted by Crippen LogP contribution is 2.43. The maximum absolute atomic E-state index is 9.07. The molecule has 43 heavy (non-hydrogen) atoms. The van der Waals surface area contributed by atoms with Gasteiger partial charge in [-0.3, -0.25) is 4.90 Å². The van der Waals surface area contributed by atoms with E-state index in [9.17, 15) is 0 Å². The number of anilines is 1. The summed E-state index contributed by atoms with van der Waals surface area (Å²) in [5, 5.41) is 12.6. The largest absolute Gasteiger partial charge is 0.367 e. The Labute approximate surface area is 253 Å². The van der Waals surface area contributed by atoms with E-state index < -0.39 is 0 Å². The molecule has 0 radical (unpaired) electrons. The molecule has 0 amide bonds. The van der Waals surface area contributed by atoms with Gasteiger partial charge >= 0.3 is 0 Å². The van der Waals surface area contributed by atoms with Gasteiger partial charge in [0.05, 0.1) is 0 Å². The highest BCUT2D eigenvalue weighted by Gasteiger charge is 2.22. The number of hydrogen-bond acceptors (Lipinski definition) is 5. The molecule has 0 bridgehead atoms. The van der Waals surface area contributed by atoms with Gasteiger partial charge in [0, 0.05) is 31.9 Å². The molecule has 2 heterocycles. The number of piperidine rings is 1. The molecule has 1 aliphatic heterocycles. The number of likely N-dealkylation sites (tertiary alicyclic amines) is 1. The van der Waals surface area contributed by atoms with Crippen molar-refractivity contribution in [2.45, 2.75) is 44.7 Å². The summed E-state index contributed by atoms with van der Waals surface area (Å²) in [5.41, 5.74) is 12.3. The van der Waals surface area contributed by atoms with E-state index >= 15 is 0 Å². The lowest BCUT2D eigenvalue weighted by molar-refractivity contribution is 0.211. The predicted molar refractivity (Wildman–Crippen MR) is 173 cm³/mol. The maximum Gasteiger partial charge on any atom is 0.234 e. The fraction of sp³-hybridized carbons (Fsp3) is 0.237. The lowest BCUT2D eigenvalue weighted by Gasteiger charge is -2.32. The molecule has 0 saturated carbocycles. The van der Waals surface area contributed by atoms with E-state index in [1.165, 1.54) is 56.5 Å². The number of nitrogens with one attached hydrogen (secondary N) is 1. The van der Waals surface area contributed by atoms with Crippen molar-refractivity contribution in [3.8, 4) is 39.4 Å². The molecule has 5 aromatic rings. The Hall–Kier alpha value is -4.79. The highest BCUT2D eigenvalue weighted by atomic mass is 15.1. The van der Waals surface area contributed by atoms with Gasteiger partial charge in [0.2, 0.25) is 5.82 Å². The van der Waals surface area contributed by atoms with Crippen molar-refractivity contribution in [3.63, 3.8) is 0 Å². The molecule has 0 atom stereocenters. The van der Waals surface area contributed by atoms with Crippen LogP contribution in [0.1, 0.15) is 41.8 Å². The van der Waals surface area contributed by atoms with E-state index in [2.05, 4.69) is 111 Å². The molecular formula is C38H35N5. The number of hydrogen-bond donors (Lipinski definition) is 1. The van der Waals surface area contributed by atoms with Crippen LogP contribution in [0.2, 0.25) is 0 Å². The van der Waals surface area contributed by atoms with Crippen LogP contribution in [0.15, 0.2) is 103 Å². The van der Waals surface area contributed by atoms with Crippen LogP contribution in [0, 0.1) is 11.3 Å². The Morgan fingerprint density at radius 3 is 2.35 bits per heavy atom. The monoisotopic (exact) mass is 561 g/mol. The summed E-state index contributed by atoms with van der Waals surface area (Å²) in [6.45, 7) is 3.01. The van der Waals surface area contributed by atoms with Crippen LogP contribution in [0.25, 0.3) is 33.4 Å². The Morgan fingerprint density at radius 2 is 1.53 bits per heavy atom. The van der Waals surface area contributed by atoms with Gasteiger partial charge in [0.1, 0.15) is 11.9 Å². The summed E-state index contributed by atoms with van der Waals surface area (Å²) >= 11 is 0. The predicted octanol–water partition coefficient (Wildman–Crippen LogP) is 7.91. The fourth-order valence-corrected chi connectivity index (χ4v) is 6.78. The van der Waals surface area contributed by atoms with Gasteiger partial charge in [-0.15, -0.1) is 0 Å². The number of rotatable bonds is 6.